The molecule has 132 valence electrons. The number of nitrogens with one attached hydrogen (secondary N) is 2. The third-order valence-corrected chi connectivity index (χ3v) is 3.56. The van der Waals surface area contributed by atoms with Gasteiger partial charge >= 0.3 is 6.09 Å². The minimum Gasteiger partial charge on any atom is -0.444 e. The summed E-state index contributed by atoms with van der Waals surface area (Å²) < 4.78 is 5.98. The molecule has 0 spiro atoms. The van der Waals surface area contributed by atoms with E-state index >= 15 is 0 Å². The van der Waals surface area contributed by atoms with Crippen molar-refractivity contribution in [1.29, 1.82) is 0 Å². The largest absolute Gasteiger partial charge is 0.444 e. The fraction of sp³-hybridized carbons (Fsp3) is 0.278. The number of aromatic nitrogens is 2. The molecule has 25 heavy (non-hydrogen) atoms. The maximum Gasteiger partial charge on any atom is 0.413 e. The number of hydrogen-bond acceptors (Lipinski definition) is 5. The first-order valence-corrected chi connectivity index (χ1v) is 8.77. The van der Waals surface area contributed by atoms with Crippen LogP contribution in [0.5, 0.6) is 0 Å². The van der Waals surface area contributed by atoms with E-state index in [4.69, 9.17) is 4.74 Å². The third kappa shape index (κ3) is 5.70. The summed E-state index contributed by atoms with van der Waals surface area (Å²) in [6.07, 6.45) is 0.806. The maximum atomic E-state index is 12.1. The van der Waals surface area contributed by atoms with Crippen molar-refractivity contribution in [2.24, 2.45) is 0 Å². The highest BCUT2D eigenvalue weighted by Crippen LogP contribution is 2.33. The van der Waals surface area contributed by atoms with Crippen LogP contribution in [0, 0.1) is 6.92 Å². The van der Waals surface area contributed by atoms with Crippen LogP contribution in [0.3, 0.4) is 0 Å². The summed E-state index contributed by atoms with van der Waals surface area (Å²) in [6, 6.07) is 7.91. The van der Waals surface area contributed by atoms with E-state index in [2.05, 4.69) is 49.8 Å². The number of carbonyl (C=O) groups excluding carboxylic acids is 1. The number of nitrogens with zero attached hydrogens (tertiary/aromatic N) is 2. The highest BCUT2D eigenvalue weighted by atomic mass is 127. The molecule has 2 rings (SSSR count). The van der Waals surface area contributed by atoms with Crippen molar-refractivity contribution < 1.29 is 9.53 Å². The number of anilines is 3. The van der Waals surface area contributed by atoms with E-state index in [1.165, 1.54) is 6.33 Å². The molecular formula is C18H21IN4O2. The van der Waals surface area contributed by atoms with Crippen molar-refractivity contribution in [3.05, 3.63) is 48.3 Å². The Bertz CT molecular complexity index is 800. The van der Waals surface area contributed by atoms with Gasteiger partial charge in [0.15, 0.2) is 0 Å². The summed E-state index contributed by atoms with van der Waals surface area (Å²) >= 11 is 2.08. The van der Waals surface area contributed by atoms with Gasteiger partial charge in [-0.25, -0.2) is 14.8 Å². The van der Waals surface area contributed by atoms with Crippen LogP contribution in [0.25, 0.3) is 3.58 Å². The number of amides is 1. The smallest absolute Gasteiger partial charge is 0.413 e. The number of aryl methyl sites for hydroxylation is 1. The third-order valence-electron chi connectivity index (χ3n) is 3.02. The number of carbonyl (C=O) groups is 1. The van der Waals surface area contributed by atoms with E-state index in [0.29, 0.717) is 20.8 Å². The second-order valence-electron chi connectivity index (χ2n) is 6.47. The molecule has 0 fully saturated rings. The molecule has 1 aromatic heterocycles. The van der Waals surface area contributed by atoms with Gasteiger partial charge in [-0.05, 0) is 68.0 Å². The molecule has 7 heteroatoms. The topological polar surface area (TPSA) is 76.1 Å². The van der Waals surface area contributed by atoms with Crippen LogP contribution < -0.4 is 10.6 Å². The second kappa shape index (κ2) is 7.81. The molecule has 0 bridgehead atoms. The Labute approximate surface area is 161 Å². The molecule has 0 aliphatic rings. The molecule has 0 saturated carbocycles. The van der Waals surface area contributed by atoms with Crippen LogP contribution in [-0.4, -0.2) is 21.7 Å². The van der Waals surface area contributed by atoms with Gasteiger partial charge in [0.2, 0.25) is 0 Å². The van der Waals surface area contributed by atoms with E-state index in [1.54, 1.807) is 20.8 Å². The standard InChI is InChI=1S/C18H21IN4O2/c1-11-7-6-8-13(9-11)22-15-14(12(2)19)16(21-10-20-15)23-17(24)25-18(3,4)5/h6-10H,2H2,1,3-5H3,(H2,20,21,22,23,24). The van der Waals surface area contributed by atoms with E-state index in [0.717, 1.165) is 11.3 Å². The quantitative estimate of drug-likeness (QED) is 0.618. The molecule has 2 N–H and O–H groups in total. The average Bonchev–Trinajstić information content (AvgIpc) is 2.44. The van der Waals surface area contributed by atoms with Crippen molar-refractivity contribution in [1.82, 2.24) is 9.97 Å². The van der Waals surface area contributed by atoms with Crippen LogP contribution in [0.1, 0.15) is 31.9 Å². The molecule has 1 heterocycles. The zero-order chi connectivity index (χ0) is 18.6. The number of hydrogen-bond donors (Lipinski definition) is 2. The second-order valence-corrected chi connectivity index (χ2v) is 7.77. The first-order valence-electron chi connectivity index (χ1n) is 7.69. The van der Waals surface area contributed by atoms with Crippen LogP contribution in [0.2, 0.25) is 0 Å². The molecule has 0 aliphatic heterocycles. The van der Waals surface area contributed by atoms with Gasteiger partial charge in [0.1, 0.15) is 23.6 Å². The van der Waals surface area contributed by atoms with Crippen molar-refractivity contribution >= 4 is 49.6 Å². The van der Waals surface area contributed by atoms with Crippen molar-refractivity contribution in [3.8, 4) is 0 Å². The Kier molecular flexibility index (Phi) is 5.99. The SMILES string of the molecule is C=C(I)c1c(NC(=O)OC(C)(C)C)ncnc1Nc1cccc(C)c1. The molecule has 1 amide bonds. The number of halogens is 1. The lowest BCUT2D eigenvalue weighted by molar-refractivity contribution is 0.0635. The maximum absolute atomic E-state index is 12.1. The Balaban J connectivity index is 2.32. The Morgan fingerprint density at radius 3 is 2.52 bits per heavy atom. The monoisotopic (exact) mass is 452 g/mol. The predicted molar refractivity (Wildman–Crippen MR) is 109 cm³/mol. The fourth-order valence-corrected chi connectivity index (χ4v) is 2.60. The van der Waals surface area contributed by atoms with Gasteiger partial charge in [0.05, 0.1) is 5.56 Å². The van der Waals surface area contributed by atoms with Crippen LogP contribution in [-0.2, 0) is 4.74 Å². The summed E-state index contributed by atoms with van der Waals surface area (Å²) in [4.78, 5) is 20.5. The van der Waals surface area contributed by atoms with E-state index in [1.807, 2.05) is 31.2 Å². The van der Waals surface area contributed by atoms with Gasteiger partial charge in [-0.15, -0.1) is 0 Å². The highest BCUT2D eigenvalue weighted by Gasteiger charge is 2.20. The lowest BCUT2D eigenvalue weighted by Crippen LogP contribution is -2.28. The molecule has 1 aromatic carbocycles. The average molecular weight is 452 g/mol. The van der Waals surface area contributed by atoms with E-state index in [-0.39, 0.29) is 0 Å². The Morgan fingerprint density at radius 2 is 1.92 bits per heavy atom. The van der Waals surface area contributed by atoms with Gasteiger partial charge in [0, 0.05) is 9.27 Å². The normalized spacial score (nSPS) is 10.9. The predicted octanol–water partition coefficient (Wildman–Crippen LogP) is 5.28. The van der Waals surface area contributed by atoms with Gasteiger partial charge in [-0.3, -0.25) is 5.32 Å². The van der Waals surface area contributed by atoms with E-state index < -0.39 is 11.7 Å². The number of ether oxygens (including phenoxy) is 1. The lowest BCUT2D eigenvalue weighted by atomic mass is 10.2. The minimum absolute atomic E-state index is 0.346. The molecule has 6 nitrogen and oxygen atoms in total. The molecule has 0 unspecified atom stereocenters. The first kappa shape index (κ1) is 19.2. The zero-order valence-electron chi connectivity index (χ0n) is 14.7. The molecule has 0 aliphatic carbocycles. The Hall–Kier alpha value is -2.16. The van der Waals surface area contributed by atoms with Crippen LogP contribution in [0.4, 0.5) is 22.1 Å². The van der Waals surface area contributed by atoms with E-state index in [9.17, 15) is 4.79 Å². The first-order chi connectivity index (χ1) is 11.7. The van der Waals surface area contributed by atoms with Gasteiger partial charge in [-0.2, -0.15) is 0 Å². The molecular weight excluding hydrogens is 431 g/mol. The summed E-state index contributed by atoms with van der Waals surface area (Å²) in [5.74, 6) is 0.907. The fourth-order valence-electron chi connectivity index (χ4n) is 2.09. The number of rotatable bonds is 4. The molecule has 0 atom stereocenters. The summed E-state index contributed by atoms with van der Waals surface area (Å²) in [7, 11) is 0. The zero-order valence-corrected chi connectivity index (χ0v) is 16.8. The van der Waals surface area contributed by atoms with Crippen LogP contribution in [0.15, 0.2) is 37.2 Å². The lowest BCUT2D eigenvalue weighted by Gasteiger charge is -2.20. The van der Waals surface area contributed by atoms with Crippen LogP contribution >= 0.6 is 22.6 Å². The van der Waals surface area contributed by atoms with Crippen molar-refractivity contribution in [3.63, 3.8) is 0 Å². The number of benzene rings is 1. The molecule has 2 aromatic rings. The highest BCUT2D eigenvalue weighted by molar-refractivity contribution is 14.1. The van der Waals surface area contributed by atoms with Gasteiger partial charge < -0.3 is 10.1 Å². The van der Waals surface area contributed by atoms with Gasteiger partial charge in [-0.1, -0.05) is 18.7 Å². The molecule has 0 saturated heterocycles. The minimum atomic E-state index is -0.596. The molecule has 0 radical (unpaired) electrons. The summed E-state index contributed by atoms with van der Waals surface area (Å²) in [6.45, 7) is 11.4. The summed E-state index contributed by atoms with van der Waals surface area (Å²) in [5, 5.41) is 5.92. The summed E-state index contributed by atoms with van der Waals surface area (Å²) in [5.41, 5.74) is 2.04. The van der Waals surface area contributed by atoms with Crippen molar-refractivity contribution in [2.45, 2.75) is 33.3 Å². The Morgan fingerprint density at radius 1 is 1.24 bits per heavy atom. The van der Waals surface area contributed by atoms with Gasteiger partial charge in [0.25, 0.3) is 0 Å². The van der Waals surface area contributed by atoms with Crippen molar-refractivity contribution in [2.75, 3.05) is 10.6 Å².